The van der Waals surface area contributed by atoms with Crippen molar-refractivity contribution < 1.29 is 13.2 Å². The molecule has 1 aliphatic heterocycles. The summed E-state index contributed by atoms with van der Waals surface area (Å²) in [5, 5.41) is 2.76. The molecule has 0 aliphatic carbocycles. The van der Waals surface area contributed by atoms with Crippen molar-refractivity contribution in [3.8, 4) is 0 Å². The van der Waals surface area contributed by atoms with Gasteiger partial charge in [-0.05, 0) is 18.6 Å². The summed E-state index contributed by atoms with van der Waals surface area (Å²) in [7, 11) is -2.99. The summed E-state index contributed by atoms with van der Waals surface area (Å²) in [5.74, 6) is -0.110. The molecule has 19 heavy (non-hydrogen) atoms. The monoisotopic (exact) mass is 279 g/mol. The SMILES string of the molecule is O=C(NC1CCS(=O)(=O)C1)c1cccn2ccnc12. The number of amides is 1. The summed E-state index contributed by atoms with van der Waals surface area (Å²) in [4.78, 5) is 16.3. The van der Waals surface area contributed by atoms with Crippen molar-refractivity contribution in [2.45, 2.75) is 12.5 Å². The highest BCUT2D eigenvalue weighted by Gasteiger charge is 2.29. The minimum absolute atomic E-state index is 0.0241. The van der Waals surface area contributed by atoms with E-state index in [1.165, 1.54) is 0 Å². The van der Waals surface area contributed by atoms with E-state index in [9.17, 15) is 13.2 Å². The van der Waals surface area contributed by atoms with Gasteiger partial charge in [0.05, 0.1) is 17.1 Å². The topological polar surface area (TPSA) is 80.5 Å². The molecule has 2 aromatic rings. The first-order valence-electron chi connectivity index (χ1n) is 5.98. The average Bonchev–Trinajstić information content (AvgIpc) is 2.94. The van der Waals surface area contributed by atoms with Crippen molar-refractivity contribution >= 4 is 21.4 Å². The van der Waals surface area contributed by atoms with Crippen molar-refractivity contribution in [3.63, 3.8) is 0 Å². The molecule has 1 atom stereocenters. The number of carbonyl (C=O) groups is 1. The highest BCUT2D eigenvalue weighted by molar-refractivity contribution is 7.91. The Labute approximate surface area is 110 Å². The van der Waals surface area contributed by atoms with E-state index >= 15 is 0 Å². The zero-order chi connectivity index (χ0) is 13.5. The van der Waals surface area contributed by atoms with Crippen molar-refractivity contribution in [3.05, 3.63) is 36.3 Å². The van der Waals surface area contributed by atoms with Crippen LogP contribution in [0.2, 0.25) is 0 Å². The largest absolute Gasteiger partial charge is 0.348 e. The second-order valence-electron chi connectivity index (χ2n) is 4.65. The molecule has 1 fully saturated rings. The van der Waals surface area contributed by atoms with Crippen LogP contribution in [0, 0.1) is 0 Å². The van der Waals surface area contributed by atoms with Gasteiger partial charge in [0.2, 0.25) is 0 Å². The van der Waals surface area contributed by atoms with Crippen LogP contribution in [-0.2, 0) is 9.84 Å². The number of carbonyl (C=O) groups excluding carboxylic acids is 1. The van der Waals surface area contributed by atoms with Crippen molar-refractivity contribution in [1.82, 2.24) is 14.7 Å². The molecule has 0 radical (unpaired) electrons. The highest BCUT2D eigenvalue weighted by Crippen LogP contribution is 2.13. The first kappa shape index (κ1) is 12.2. The van der Waals surface area contributed by atoms with E-state index in [2.05, 4.69) is 10.3 Å². The van der Waals surface area contributed by atoms with Crippen LogP contribution in [0.5, 0.6) is 0 Å². The lowest BCUT2D eigenvalue weighted by Gasteiger charge is -2.11. The number of hydrogen-bond donors (Lipinski definition) is 1. The second-order valence-corrected chi connectivity index (χ2v) is 6.88. The summed E-state index contributed by atoms with van der Waals surface area (Å²) in [6, 6.07) is 3.14. The molecule has 7 heteroatoms. The van der Waals surface area contributed by atoms with Crippen molar-refractivity contribution in [1.29, 1.82) is 0 Å². The van der Waals surface area contributed by atoms with Gasteiger partial charge in [-0.2, -0.15) is 0 Å². The molecule has 0 bridgehead atoms. The Morgan fingerprint density at radius 3 is 3.00 bits per heavy atom. The fourth-order valence-electron chi connectivity index (χ4n) is 2.30. The van der Waals surface area contributed by atoms with E-state index < -0.39 is 9.84 Å². The maximum absolute atomic E-state index is 12.2. The van der Waals surface area contributed by atoms with Gasteiger partial charge < -0.3 is 9.72 Å². The third-order valence-electron chi connectivity index (χ3n) is 3.23. The Kier molecular flexibility index (Phi) is 2.78. The molecule has 6 nitrogen and oxygen atoms in total. The summed E-state index contributed by atoms with van der Waals surface area (Å²) in [5.41, 5.74) is 1.03. The van der Waals surface area contributed by atoms with E-state index in [1.54, 1.807) is 35.1 Å². The van der Waals surface area contributed by atoms with Gasteiger partial charge in [-0.3, -0.25) is 4.79 Å². The maximum Gasteiger partial charge on any atom is 0.255 e. The van der Waals surface area contributed by atoms with Gasteiger partial charge in [-0.15, -0.1) is 0 Å². The number of imidazole rings is 1. The van der Waals surface area contributed by atoms with Gasteiger partial charge in [-0.1, -0.05) is 0 Å². The lowest BCUT2D eigenvalue weighted by atomic mass is 10.2. The Morgan fingerprint density at radius 2 is 2.26 bits per heavy atom. The second kappa shape index (κ2) is 4.34. The number of nitrogens with one attached hydrogen (secondary N) is 1. The fourth-order valence-corrected chi connectivity index (χ4v) is 3.97. The molecule has 1 N–H and O–H groups in total. The zero-order valence-corrected chi connectivity index (χ0v) is 10.9. The third-order valence-corrected chi connectivity index (χ3v) is 5.00. The number of nitrogens with zero attached hydrogens (tertiary/aromatic N) is 2. The molecule has 3 rings (SSSR count). The number of sulfone groups is 1. The Balaban J connectivity index is 1.83. The molecule has 0 spiro atoms. The van der Waals surface area contributed by atoms with Crippen LogP contribution in [0.15, 0.2) is 30.7 Å². The van der Waals surface area contributed by atoms with Crippen LogP contribution in [-0.4, -0.2) is 41.3 Å². The first-order valence-corrected chi connectivity index (χ1v) is 7.80. The Bertz CT molecular complexity index is 736. The van der Waals surface area contributed by atoms with Gasteiger partial charge in [-0.25, -0.2) is 13.4 Å². The molecule has 1 unspecified atom stereocenters. The molecule has 2 aromatic heterocycles. The van der Waals surface area contributed by atoms with E-state index in [0.29, 0.717) is 17.6 Å². The summed E-state index contributed by atoms with van der Waals surface area (Å²) < 4.78 is 24.5. The average molecular weight is 279 g/mol. The number of aromatic nitrogens is 2. The lowest BCUT2D eigenvalue weighted by molar-refractivity contribution is 0.0942. The van der Waals surface area contributed by atoms with Crippen LogP contribution in [0.3, 0.4) is 0 Å². The summed E-state index contributed by atoms with van der Waals surface area (Å²) >= 11 is 0. The number of rotatable bonds is 2. The van der Waals surface area contributed by atoms with Crippen molar-refractivity contribution in [2.24, 2.45) is 0 Å². The minimum Gasteiger partial charge on any atom is -0.348 e. The molecular formula is C12H13N3O3S. The van der Waals surface area contributed by atoms with E-state index in [-0.39, 0.29) is 23.5 Å². The Morgan fingerprint density at radius 1 is 1.42 bits per heavy atom. The van der Waals surface area contributed by atoms with Gasteiger partial charge in [0, 0.05) is 24.6 Å². The highest BCUT2D eigenvalue weighted by atomic mass is 32.2. The standard InChI is InChI=1S/C12H13N3O3S/c16-12(14-9-3-7-19(17,18)8-9)10-2-1-5-15-6-4-13-11(10)15/h1-2,4-6,9H,3,7-8H2,(H,14,16). The molecule has 0 saturated carbocycles. The number of hydrogen-bond acceptors (Lipinski definition) is 4. The maximum atomic E-state index is 12.2. The third kappa shape index (κ3) is 2.33. The molecular weight excluding hydrogens is 266 g/mol. The quantitative estimate of drug-likeness (QED) is 0.854. The van der Waals surface area contributed by atoms with Gasteiger partial charge in [0.25, 0.3) is 5.91 Å². The molecule has 3 heterocycles. The molecule has 0 aromatic carbocycles. The fraction of sp³-hybridized carbons (Fsp3) is 0.333. The van der Waals surface area contributed by atoms with Gasteiger partial charge >= 0.3 is 0 Å². The van der Waals surface area contributed by atoms with E-state index in [0.717, 1.165) is 0 Å². The smallest absolute Gasteiger partial charge is 0.255 e. The van der Waals surface area contributed by atoms with Crippen LogP contribution < -0.4 is 5.32 Å². The molecule has 100 valence electrons. The van der Waals surface area contributed by atoms with Crippen LogP contribution in [0.25, 0.3) is 5.65 Å². The summed E-state index contributed by atoms with van der Waals surface area (Å²) in [6.07, 6.45) is 5.66. The lowest BCUT2D eigenvalue weighted by Crippen LogP contribution is -2.35. The molecule has 1 saturated heterocycles. The minimum atomic E-state index is -2.99. The van der Waals surface area contributed by atoms with Crippen LogP contribution >= 0.6 is 0 Å². The Hall–Kier alpha value is -1.89. The molecule has 1 aliphatic rings. The normalized spacial score (nSPS) is 21.6. The van der Waals surface area contributed by atoms with Gasteiger partial charge in [0.1, 0.15) is 5.65 Å². The van der Waals surface area contributed by atoms with Crippen LogP contribution in [0.4, 0.5) is 0 Å². The van der Waals surface area contributed by atoms with Gasteiger partial charge in [0.15, 0.2) is 9.84 Å². The van der Waals surface area contributed by atoms with Crippen molar-refractivity contribution in [2.75, 3.05) is 11.5 Å². The molecule has 1 amide bonds. The van der Waals surface area contributed by atoms with E-state index in [1.807, 2.05) is 0 Å². The van der Waals surface area contributed by atoms with E-state index in [4.69, 9.17) is 0 Å². The zero-order valence-electron chi connectivity index (χ0n) is 10.1. The number of pyridine rings is 1. The predicted molar refractivity (Wildman–Crippen MR) is 69.7 cm³/mol. The van der Waals surface area contributed by atoms with Crippen LogP contribution in [0.1, 0.15) is 16.8 Å². The summed E-state index contributed by atoms with van der Waals surface area (Å²) in [6.45, 7) is 0. The first-order chi connectivity index (χ1) is 9.05. The predicted octanol–water partition coefficient (Wildman–Crippen LogP) is 0.251. The number of fused-ring (bicyclic) bond motifs is 1.